The van der Waals surface area contributed by atoms with Gasteiger partial charge in [-0.1, -0.05) is 12.1 Å². The monoisotopic (exact) mass is 180 g/mol. The molecule has 70 valence electrons. The number of hydrogen-bond acceptors (Lipinski definition) is 3. The quantitative estimate of drug-likeness (QED) is 0.516. The van der Waals surface area contributed by atoms with E-state index in [-0.39, 0.29) is 10.6 Å². The smallest absolute Gasteiger partial charge is 0.295 e. The second-order valence-electron chi connectivity index (χ2n) is 3.09. The van der Waals surface area contributed by atoms with E-state index in [1.807, 2.05) is 6.07 Å². The third-order valence-corrected chi connectivity index (χ3v) is 1.88. The maximum Gasteiger partial charge on any atom is 0.295 e. The highest BCUT2D eigenvalue weighted by molar-refractivity contribution is 5.65. The van der Waals surface area contributed by atoms with Crippen LogP contribution in [-0.2, 0) is 0 Å². The van der Waals surface area contributed by atoms with Gasteiger partial charge in [-0.2, -0.15) is 0 Å². The molecule has 0 heterocycles. The van der Waals surface area contributed by atoms with Crippen molar-refractivity contribution >= 4 is 11.4 Å². The number of rotatable bonds is 2. The van der Waals surface area contributed by atoms with Crippen molar-refractivity contribution in [3.8, 4) is 0 Å². The molecule has 0 aromatic heterocycles. The molecule has 1 aromatic carbocycles. The fraction of sp³-hybridized carbons (Fsp3) is 0.333. The van der Waals surface area contributed by atoms with Crippen molar-refractivity contribution in [1.82, 2.24) is 0 Å². The summed E-state index contributed by atoms with van der Waals surface area (Å²) < 4.78 is 0. The zero-order valence-corrected chi connectivity index (χ0v) is 7.94. The first-order chi connectivity index (χ1) is 6.04. The highest BCUT2D eigenvalue weighted by atomic mass is 16.6. The summed E-state index contributed by atoms with van der Waals surface area (Å²) in [6.45, 7) is 1.74. The van der Waals surface area contributed by atoms with Crippen molar-refractivity contribution in [2.75, 3.05) is 19.0 Å². The van der Waals surface area contributed by atoms with E-state index in [4.69, 9.17) is 0 Å². The molecule has 0 atom stereocenters. The largest absolute Gasteiger partial charge is 0.372 e. The van der Waals surface area contributed by atoms with Crippen molar-refractivity contribution in [2.24, 2.45) is 0 Å². The standard InChI is InChI=1S/C9H12N2O2/c1-7-5-4-6-8(10(2)3)9(7)11(12)13/h4-6H,1-3H3. The van der Waals surface area contributed by atoms with E-state index in [0.717, 1.165) is 0 Å². The van der Waals surface area contributed by atoms with Gasteiger partial charge in [0.05, 0.1) is 4.92 Å². The summed E-state index contributed by atoms with van der Waals surface area (Å²) in [4.78, 5) is 12.1. The molecule has 0 N–H and O–H groups in total. The fourth-order valence-electron chi connectivity index (χ4n) is 1.24. The van der Waals surface area contributed by atoms with E-state index >= 15 is 0 Å². The van der Waals surface area contributed by atoms with Gasteiger partial charge < -0.3 is 4.90 Å². The Morgan fingerprint density at radius 2 is 2.00 bits per heavy atom. The number of para-hydroxylation sites is 1. The van der Waals surface area contributed by atoms with Crippen molar-refractivity contribution in [2.45, 2.75) is 6.92 Å². The lowest BCUT2D eigenvalue weighted by Crippen LogP contribution is -2.11. The van der Waals surface area contributed by atoms with E-state index in [0.29, 0.717) is 11.3 Å². The summed E-state index contributed by atoms with van der Waals surface area (Å²) in [5.41, 5.74) is 1.52. The maximum absolute atomic E-state index is 10.7. The molecule has 0 amide bonds. The van der Waals surface area contributed by atoms with Gasteiger partial charge in [0, 0.05) is 19.7 Å². The molecule has 1 aromatic rings. The molecule has 0 spiro atoms. The zero-order chi connectivity index (χ0) is 10.0. The highest BCUT2D eigenvalue weighted by Crippen LogP contribution is 2.29. The van der Waals surface area contributed by atoms with Gasteiger partial charge >= 0.3 is 0 Å². The molecule has 0 fully saturated rings. The van der Waals surface area contributed by atoms with E-state index in [2.05, 4.69) is 0 Å². The molecule has 0 saturated heterocycles. The molecule has 1 rings (SSSR count). The Morgan fingerprint density at radius 3 is 2.38 bits per heavy atom. The first-order valence-electron chi connectivity index (χ1n) is 3.95. The van der Waals surface area contributed by atoms with Crippen LogP contribution < -0.4 is 4.90 Å². The van der Waals surface area contributed by atoms with Crippen LogP contribution in [0.25, 0.3) is 0 Å². The minimum atomic E-state index is -0.343. The Morgan fingerprint density at radius 1 is 1.38 bits per heavy atom. The Bertz CT molecular complexity index is 334. The molecular weight excluding hydrogens is 168 g/mol. The predicted octanol–water partition coefficient (Wildman–Crippen LogP) is 1.97. The summed E-state index contributed by atoms with van der Waals surface area (Å²) >= 11 is 0. The lowest BCUT2D eigenvalue weighted by Gasteiger charge is -2.13. The van der Waals surface area contributed by atoms with Crippen molar-refractivity contribution < 1.29 is 4.92 Å². The summed E-state index contributed by atoms with van der Waals surface area (Å²) in [7, 11) is 3.59. The van der Waals surface area contributed by atoms with E-state index in [1.54, 1.807) is 38.1 Å². The van der Waals surface area contributed by atoms with Crippen LogP contribution in [0.4, 0.5) is 11.4 Å². The van der Waals surface area contributed by atoms with Crippen LogP contribution in [0.3, 0.4) is 0 Å². The average molecular weight is 180 g/mol. The van der Waals surface area contributed by atoms with Gasteiger partial charge in [-0.3, -0.25) is 10.1 Å². The summed E-state index contributed by atoms with van der Waals surface area (Å²) in [6.07, 6.45) is 0. The number of benzene rings is 1. The normalized spacial score (nSPS) is 9.77. The highest BCUT2D eigenvalue weighted by Gasteiger charge is 2.17. The Labute approximate surface area is 76.9 Å². The Balaban J connectivity index is 3.34. The van der Waals surface area contributed by atoms with Gasteiger partial charge in [0.25, 0.3) is 5.69 Å². The minimum Gasteiger partial charge on any atom is -0.372 e. The lowest BCUT2D eigenvalue weighted by atomic mass is 10.1. The molecule has 0 unspecified atom stereocenters. The molecule has 0 bridgehead atoms. The number of nitro groups is 1. The second-order valence-corrected chi connectivity index (χ2v) is 3.09. The Hall–Kier alpha value is -1.58. The van der Waals surface area contributed by atoms with Crippen LogP contribution in [0.15, 0.2) is 18.2 Å². The predicted molar refractivity (Wildman–Crippen MR) is 52.2 cm³/mol. The van der Waals surface area contributed by atoms with Gasteiger partial charge in [0.15, 0.2) is 0 Å². The molecular formula is C9H12N2O2. The van der Waals surface area contributed by atoms with Gasteiger partial charge in [0.2, 0.25) is 0 Å². The molecule has 0 aliphatic rings. The molecule has 4 heteroatoms. The number of nitro benzene ring substituents is 1. The first kappa shape index (κ1) is 9.51. The van der Waals surface area contributed by atoms with Crippen molar-refractivity contribution in [3.05, 3.63) is 33.9 Å². The summed E-state index contributed by atoms with van der Waals surface area (Å²) in [6, 6.07) is 5.30. The summed E-state index contributed by atoms with van der Waals surface area (Å²) in [5, 5.41) is 10.7. The number of hydrogen-bond donors (Lipinski definition) is 0. The van der Waals surface area contributed by atoms with E-state index in [1.165, 1.54) is 0 Å². The third kappa shape index (κ3) is 1.77. The van der Waals surface area contributed by atoms with Gasteiger partial charge in [0.1, 0.15) is 5.69 Å². The third-order valence-electron chi connectivity index (χ3n) is 1.88. The summed E-state index contributed by atoms with van der Waals surface area (Å²) in [5.74, 6) is 0. The Kier molecular flexibility index (Phi) is 2.51. The molecule has 13 heavy (non-hydrogen) atoms. The minimum absolute atomic E-state index is 0.188. The molecule has 0 aliphatic heterocycles. The van der Waals surface area contributed by atoms with Crippen molar-refractivity contribution in [3.63, 3.8) is 0 Å². The average Bonchev–Trinajstić information content (AvgIpc) is 2.02. The molecule has 0 radical (unpaired) electrons. The number of anilines is 1. The zero-order valence-electron chi connectivity index (χ0n) is 7.94. The maximum atomic E-state index is 10.7. The van der Waals surface area contributed by atoms with Crippen LogP contribution in [0, 0.1) is 17.0 Å². The van der Waals surface area contributed by atoms with E-state index in [9.17, 15) is 10.1 Å². The van der Waals surface area contributed by atoms with Crippen LogP contribution in [0.2, 0.25) is 0 Å². The van der Waals surface area contributed by atoms with Gasteiger partial charge in [-0.15, -0.1) is 0 Å². The molecule has 0 aliphatic carbocycles. The number of aryl methyl sites for hydroxylation is 1. The fourth-order valence-corrected chi connectivity index (χ4v) is 1.24. The van der Waals surface area contributed by atoms with Crippen LogP contribution in [0.5, 0.6) is 0 Å². The van der Waals surface area contributed by atoms with Crippen LogP contribution >= 0.6 is 0 Å². The van der Waals surface area contributed by atoms with Crippen LogP contribution in [-0.4, -0.2) is 19.0 Å². The van der Waals surface area contributed by atoms with Crippen molar-refractivity contribution in [1.29, 1.82) is 0 Å². The number of nitrogens with zero attached hydrogens (tertiary/aromatic N) is 2. The van der Waals surface area contributed by atoms with E-state index < -0.39 is 0 Å². The SMILES string of the molecule is Cc1cccc(N(C)C)c1[N+](=O)[O-]. The second kappa shape index (κ2) is 3.43. The van der Waals surface area contributed by atoms with Gasteiger partial charge in [-0.25, -0.2) is 0 Å². The van der Waals surface area contributed by atoms with Gasteiger partial charge in [-0.05, 0) is 13.0 Å². The first-order valence-corrected chi connectivity index (χ1v) is 3.95. The molecule has 4 nitrogen and oxygen atoms in total. The molecule has 0 saturated carbocycles. The topological polar surface area (TPSA) is 46.4 Å². The van der Waals surface area contributed by atoms with Crippen LogP contribution in [0.1, 0.15) is 5.56 Å². The lowest BCUT2D eigenvalue weighted by molar-refractivity contribution is -0.384.